The highest BCUT2D eigenvalue weighted by molar-refractivity contribution is 8.15. The summed E-state index contributed by atoms with van der Waals surface area (Å²) in [4.78, 5) is 43.6. The molecule has 174 valence electrons. The lowest BCUT2D eigenvalue weighted by Crippen LogP contribution is -2.34. The number of benzene rings is 2. The Morgan fingerprint density at radius 2 is 1.85 bits per heavy atom. The maximum absolute atomic E-state index is 13.0. The van der Waals surface area contributed by atoms with Gasteiger partial charge in [-0.05, 0) is 56.2 Å². The molecule has 2 amide bonds. The van der Waals surface area contributed by atoms with Crippen molar-refractivity contribution in [2.24, 2.45) is 4.99 Å². The van der Waals surface area contributed by atoms with E-state index in [2.05, 4.69) is 10.3 Å². The minimum Gasteiger partial charge on any atom is -0.462 e. The average Bonchev–Trinajstić information content (AvgIpc) is 3.09. The standard InChI is InChI=1S/C24H27N3O5S/c1-2-32-23(31)17-10-12-19(13-11-17)25-21(29)16-20-22(30)27(14-6-7-15-28)24(33-20)26-18-8-4-3-5-9-18/h3-5,8-13,20,28H,2,6-7,14-16H2,1H3,(H,25,29). The molecule has 0 spiro atoms. The van der Waals surface area contributed by atoms with Gasteiger partial charge in [0.1, 0.15) is 5.25 Å². The number of thioether (sulfide) groups is 1. The highest BCUT2D eigenvalue weighted by atomic mass is 32.2. The molecule has 2 aromatic carbocycles. The van der Waals surface area contributed by atoms with Crippen LogP contribution < -0.4 is 5.32 Å². The van der Waals surface area contributed by atoms with Gasteiger partial charge in [-0.2, -0.15) is 0 Å². The van der Waals surface area contributed by atoms with Gasteiger partial charge in [0, 0.05) is 25.3 Å². The van der Waals surface area contributed by atoms with Crippen molar-refractivity contribution in [2.75, 3.05) is 25.1 Å². The van der Waals surface area contributed by atoms with Gasteiger partial charge in [-0.3, -0.25) is 14.5 Å². The largest absolute Gasteiger partial charge is 0.462 e. The second kappa shape index (κ2) is 12.2. The van der Waals surface area contributed by atoms with Crippen LogP contribution in [0.3, 0.4) is 0 Å². The Labute approximate surface area is 197 Å². The molecule has 0 aromatic heterocycles. The van der Waals surface area contributed by atoms with Crippen LogP contribution in [0.1, 0.15) is 36.5 Å². The molecule has 1 unspecified atom stereocenters. The third kappa shape index (κ3) is 6.90. The van der Waals surface area contributed by atoms with Gasteiger partial charge in [-0.25, -0.2) is 9.79 Å². The number of nitrogens with zero attached hydrogens (tertiary/aromatic N) is 2. The lowest BCUT2D eigenvalue weighted by molar-refractivity contribution is -0.128. The number of esters is 1. The van der Waals surface area contributed by atoms with Gasteiger partial charge < -0.3 is 15.2 Å². The monoisotopic (exact) mass is 469 g/mol. The molecule has 2 aromatic rings. The van der Waals surface area contributed by atoms with Crippen molar-refractivity contribution in [3.63, 3.8) is 0 Å². The van der Waals surface area contributed by atoms with E-state index in [-0.39, 0.29) is 31.4 Å². The van der Waals surface area contributed by atoms with Crippen molar-refractivity contribution in [1.29, 1.82) is 0 Å². The van der Waals surface area contributed by atoms with E-state index in [1.54, 1.807) is 36.1 Å². The number of unbranched alkanes of at least 4 members (excludes halogenated alkanes) is 1. The molecule has 1 heterocycles. The summed E-state index contributed by atoms with van der Waals surface area (Å²) in [6.07, 6.45) is 1.22. The fourth-order valence-electron chi connectivity index (χ4n) is 3.21. The Bertz CT molecular complexity index is 995. The number of aliphatic hydroxyl groups excluding tert-OH is 1. The molecule has 33 heavy (non-hydrogen) atoms. The zero-order valence-electron chi connectivity index (χ0n) is 18.4. The number of hydrogen-bond donors (Lipinski definition) is 2. The highest BCUT2D eigenvalue weighted by Gasteiger charge is 2.38. The minimum absolute atomic E-state index is 0.00651. The van der Waals surface area contributed by atoms with Crippen molar-refractivity contribution < 1.29 is 24.2 Å². The number of para-hydroxylation sites is 1. The molecule has 1 saturated heterocycles. The molecule has 1 atom stereocenters. The maximum atomic E-state index is 13.0. The number of amidine groups is 1. The van der Waals surface area contributed by atoms with Crippen molar-refractivity contribution in [1.82, 2.24) is 4.90 Å². The van der Waals surface area contributed by atoms with E-state index in [0.29, 0.717) is 35.8 Å². The van der Waals surface area contributed by atoms with E-state index in [4.69, 9.17) is 9.84 Å². The Kier molecular flexibility index (Phi) is 9.03. The van der Waals surface area contributed by atoms with E-state index < -0.39 is 11.2 Å². The van der Waals surface area contributed by atoms with Crippen LogP contribution in [0, 0.1) is 0 Å². The van der Waals surface area contributed by atoms with Crippen molar-refractivity contribution >= 4 is 46.1 Å². The molecule has 2 N–H and O–H groups in total. The van der Waals surface area contributed by atoms with Crippen LogP contribution in [0.15, 0.2) is 59.6 Å². The molecule has 8 nitrogen and oxygen atoms in total. The Morgan fingerprint density at radius 1 is 1.12 bits per heavy atom. The lowest BCUT2D eigenvalue weighted by Gasteiger charge is -2.16. The van der Waals surface area contributed by atoms with Crippen LogP contribution in [0.2, 0.25) is 0 Å². The van der Waals surface area contributed by atoms with Crippen LogP contribution >= 0.6 is 11.8 Å². The van der Waals surface area contributed by atoms with Gasteiger partial charge in [0.15, 0.2) is 5.17 Å². The van der Waals surface area contributed by atoms with Gasteiger partial charge in [-0.1, -0.05) is 30.0 Å². The molecule has 1 aliphatic rings. The summed E-state index contributed by atoms with van der Waals surface area (Å²) in [6, 6.07) is 15.7. The molecule has 1 aliphatic heterocycles. The zero-order valence-corrected chi connectivity index (χ0v) is 19.2. The quantitative estimate of drug-likeness (QED) is 0.407. The summed E-state index contributed by atoms with van der Waals surface area (Å²) < 4.78 is 4.95. The molecule has 0 aliphatic carbocycles. The first-order valence-corrected chi connectivity index (χ1v) is 11.7. The van der Waals surface area contributed by atoms with Crippen LogP contribution in [-0.4, -0.2) is 58.0 Å². The van der Waals surface area contributed by atoms with Gasteiger partial charge in [0.05, 0.1) is 17.9 Å². The first kappa shape index (κ1) is 24.5. The first-order chi connectivity index (χ1) is 16.0. The van der Waals surface area contributed by atoms with Gasteiger partial charge in [0.25, 0.3) is 0 Å². The van der Waals surface area contributed by atoms with Crippen LogP contribution in [0.25, 0.3) is 0 Å². The van der Waals surface area contributed by atoms with E-state index >= 15 is 0 Å². The maximum Gasteiger partial charge on any atom is 0.338 e. The smallest absolute Gasteiger partial charge is 0.338 e. The fourth-order valence-corrected chi connectivity index (χ4v) is 4.39. The summed E-state index contributed by atoms with van der Waals surface area (Å²) in [5, 5.41) is 11.8. The second-order valence-corrected chi connectivity index (χ2v) is 8.48. The molecule has 9 heteroatoms. The third-order valence-corrected chi connectivity index (χ3v) is 6.02. The minimum atomic E-state index is -0.583. The number of ether oxygens (including phenoxy) is 1. The predicted octanol–water partition coefficient (Wildman–Crippen LogP) is 3.60. The van der Waals surface area contributed by atoms with E-state index in [1.165, 1.54) is 11.8 Å². The number of rotatable bonds is 10. The number of amides is 2. The normalized spacial score (nSPS) is 16.8. The van der Waals surface area contributed by atoms with Gasteiger partial charge >= 0.3 is 5.97 Å². The Balaban J connectivity index is 1.65. The predicted molar refractivity (Wildman–Crippen MR) is 129 cm³/mol. The van der Waals surface area contributed by atoms with Gasteiger partial charge in [0.2, 0.25) is 11.8 Å². The molecule has 0 saturated carbocycles. The SMILES string of the molecule is CCOC(=O)c1ccc(NC(=O)CC2SC(=Nc3ccccc3)N(CCCCO)C2=O)cc1. The molecular formula is C24H27N3O5S. The molecular weight excluding hydrogens is 442 g/mol. The van der Waals surface area contributed by atoms with E-state index in [1.807, 2.05) is 30.3 Å². The number of nitrogens with one attached hydrogen (secondary N) is 1. The van der Waals surface area contributed by atoms with Crippen molar-refractivity contribution in [3.8, 4) is 0 Å². The lowest BCUT2D eigenvalue weighted by atomic mass is 10.2. The number of carbonyl (C=O) groups is 3. The fraction of sp³-hybridized carbons (Fsp3) is 0.333. The number of carbonyl (C=O) groups excluding carboxylic acids is 3. The molecule has 0 bridgehead atoms. The second-order valence-electron chi connectivity index (χ2n) is 7.31. The molecule has 0 radical (unpaired) electrons. The highest BCUT2D eigenvalue weighted by Crippen LogP contribution is 2.32. The third-order valence-electron chi connectivity index (χ3n) is 4.84. The Morgan fingerprint density at radius 3 is 2.52 bits per heavy atom. The number of aliphatic imine (C=N–C) groups is 1. The Hall–Kier alpha value is -3.17. The van der Waals surface area contributed by atoms with Crippen LogP contribution in [-0.2, 0) is 14.3 Å². The number of hydrogen-bond acceptors (Lipinski definition) is 7. The van der Waals surface area contributed by atoms with Crippen LogP contribution in [0.4, 0.5) is 11.4 Å². The summed E-state index contributed by atoms with van der Waals surface area (Å²) >= 11 is 1.27. The van der Waals surface area contributed by atoms with Gasteiger partial charge in [-0.15, -0.1) is 0 Å². The van der Waals surface area contributed by atoms with Crippen molar-refractivity contribution in [2.45, 2.75) is 31.4 Å². The summed E-state index contributed by atoms with van der Waals surface area (Å²) in [7, 11) is 0. The number of anilines is 1. The van der Waals surface area contributed by atoms with E-state index in [9.17, 15) is 14.4 Å². The first-order valence-electron chi connectivity index (χ1n) is 10.8. The van der Waals surface area contributed by atoms with E-state index in [0.717, 1.165) is 5.69 Å². The molecule has 3 rings (SSSR count). The van der Waals surface area contributed by atoms with Crippen LogP contribution in [0.5, 0.6) is 0 Å². The summed E-state index contributed by atoms with van der Waals surface area (Å²) in [5.74, 6) is -0.892. The topological polar surface area (TPSA) is 108 Å². The molecule has 1 fully saturated rings. The summed E-state index contributed by atoms with van der Waals surface area (Å²) in [6.45, 7) is 2.52. The average molecular weight is 470 g/mol. The zero-order chi connectivity index (χ0) is 23.6. The number of aliphatic hydroxyl groups is 1. The van der Waals surface area contributed by atoms with Crippen molar-refractivity contribution in [3.05, 3.63) is 60.2 Å². The summed E-state index contributed by atoms with van der Waals surface area (Å²) in [5.41, 5.74) is 1.66.